The number of sulfone groups is 1. The van der Waals surface area contributed by atoms with Gasteiger partial charge in [-0.1, -0.05) is 26.3 Å². The predicted molar refractivity (Wildman–Crippen MR) is 82.2 cm³/mol. The summed E-state index contributed by atoms with van der Waals surface area (Å²) in [5.74, 6) is -0.462. The van der Waals surface area contributed by atoms with Gasteiger partial charge in [-0.3, -0.25) is 4.79 Å². The number of carbonyl (C=O) groups excluding carboxylic acids is 1. The van der Waals surface area contributed by atoms with Gasteiger partial charge in [0.2, 0.25) is 5.91 Å². The second-order valence-electron chi connectivity index (χ2n) is 5.10. The molecule has 0 heterocycles. The molecule has 112 valence electrons. The number of hydrogen-bond donors (Lipinski definition) is 2. The van der Waals surface area contributed by atoms with E-state index in [0.29, 0.717) is 11.4 Å². The van der Waals surface area contributed by atoms with Gasteiger partial charge in [0.25, 0.3) is 0 Å². The minimum atomic E-state index is -3.44. The number of nitrogen functional groups attached to an aromatic ring is 1. The quantitative estimate of drug-likeness (QED) is 0.787. The van der Waals surface area contributed by atoms with Crippen LogP contribution in [0, 0.1) is 5.92 Å². The molecule has 0 fully saturated rings. The van der Waals surface area contributed by atoms with Gasteiger partial charge in [0, 0.05) is 11.4 Å². The van der Waals surface area contributed by atoms with Crippen LogP contribution >= 0.6 is 0 Å². The molecule has 0 aliphatic carbocycles. The van der Waals surface area contributed by atoms with Gasteiger partial charge in [0.05, 0.1) is 5.75 Å². The van der Waals surface area contributed by atoms with Crippen LogP contribution < -0.4 is 11.1 Å². The first-order valence-corrected chi connectivity index (χ1v) is 8.35. The van der Waals surface area contributed by atoms with Crippen LogP contribution in [0.25, 0.3) is 0 Å². The molecule has 0 saturated carbocycles. The van der Waals surface area contributed by atoms with Crippen LogP contribution in [0.4, 0.5) is 11.4 Å². The molecule has 2 unspecified atom stereocenters. The molecule has 0 bridgehead atoms. The monoisotopic (exact) mass is 298 g/mol. The first-order chi connectivity index (χ1) is 9.26. The Hall–Kier alpha value is -1.56. The van der Waals surface area contributed by atoms with E-state index in [-0.39, 0.29) is 11.7 Å². The molecular weight excluding hydrogens is 276 g/mol. The molecule has 0 spiro atoms. The normalized spacial score (nSPS) is 14.6. The van der Waals surface area contributed by atoms with E-state index in [4.69, 9.17) is 5.73 Å². The van der Waals surface area contributed by atoms with Gasteiger partial charge in [-0.15, -0.1) is 0 Å². The van der Waals surface area contributed by atoms with E-state index in [1.54, 1.807) is 24.3 Å². The number of rotatable bonds is 6. The van der Waals surface area contributed by atoms with Crippen molar-refractivity contribution in [2.75, 3.05) is 16.8 Å². The third-order valence-corrected chi connectivity index (χ3v) is 5.60. The zero-order valence-electron chi connectivity index (χ0n) is 12.1. The van der Waals surface area contributed by atoms with Gasteiger partial charge in [0.15, 0.2) is 9.84 Å². The Morgan fingerprint density at radius 2 is 2.00 bits per heavy atom. The minimum absolute atomic E-state index is 0.0228. The molecule has 2 atom stereocenters. The van der Waals surface area contributed by atoms with Crippen molar-refractivity contribution >= 4 is 27.1 Å². The number of benzene rings is 1. The molecule has 0 aromatic heterocycles. The van der Waals surface area contributed by atoms with E-state index in [1.807, 2.05) is 13.8 Å². The van der Waals surface area contributed by atoms with Crippen LogP contribution in [-0.2, 0) is 14.6 Å². The van der Waals surface area contributed by atoms with Gasteiger partial charge in [-0.05, 0) is 31.0 Å². The Balaban J connectivity index is 2.76. The molecular formula is C14H22N2O3S. The van der Waals surface area contributed by atoms with E-state index >= 15 is 0 Å². The minimum Gasteiger partial charge on any atom is -0.399 e. The highest BCUT2D eigenvalue weighted by Gasteiger charge is 2.29. The summed E-state index contributed by atoms with van der Waals surface area (Å²) in [7, 11) is -3.44. The van der Waals surface area contributed by atoms with E-state index in [2.05, 4.69) is 5.32 Å². The second-order valence-corrected chi connectivity index (χ2v) is 7.47. The topological polar surface area (TPSA) is 89.3 Å². The van der Waals surface area contributed by atoms with Crippen molar-refractivity contribution in [2.45, 2.75) is 32.4 Å². The van der Waals surface area contributed by atoms with Crippen LogP contribution in [0.15, 0.2) is 24.3 Å². The predicted octanol–water partition coefficient (Wildman–Crippen LogP) is 2.06. The van der Waals surface area contributed by atoms with Crippen molar-refractivity contribution < 1.29 is 13.2 Å². The molecule has 5 nitrogen and oxygen atoms in total. The molecule has 0 radical (unpaired) electrons. The largest absolute Gasteiger partial charge is 0.399 e. The van der Waals surface area contributed by atoms with Crippen LogP contribution in [0.1, 0.15) is 27.2 Å². The summed E-state index contributed by atoms with van der Waals surface area (Å²) >= 11 is 0. The smallest absolute Gasteiger partial charge is 0.242 e. The zero-order chi connectivity index (χ0) is 15.3. The van der Waals surface area contributed by atoms with E-state index < -0.39 is 21.0 Å². The standard InChI is InChI=1S/C14H22N2O3S/c1-4-10(2)9-20(18,19)11(3)14(17)16-13-7-5-6-12(15)8-13/h5-8,10-11H,4,9,15H2,1-3H3,(H,16,17). The fraction of sp³-hybridized carbons (Fsp3) is 0.500. The summed E-state index contributed by atoms with van der Waals surface area (Å²) in [6, 6.07) is 6.65. The number of hydrogen-bond acceptors (Lipinski definition) is 4. The third-order valence-electron chi connectivity index (χ3n) is 3.28. The van der Waals surface area contributed by atoms with E-state index in [1.165, 1.54) is 6.92 Å². The van der Waals surface area contributed by atoms with Gasteiger partial charge < -0.3 is 11.1 Å². The van der Waals surface area contributed by atoms with E-state index in [9.17, 15) is 13.2 Å². The third kappa shape index (κ3) is 4.52. The summed E-state index contributed by atoms with van der Waals surface area (Å²) in [4.78, 5) is 12.0. The number of carbonyl (C=O) groups is 1. The average molecular weight is 298 g/mol. The Labute approximate surface area is 120 Å². The van der Waals surface area contributed by atoms with Crippen molar-refractivity contribution in [3.63, 3.8) is 0 Å². The second kappa shape index (κ2) is 6.74. The van der Waals surface area contributed by atoms with Crippen molar-refractivity contribution in [1.82, 2.24) is 0 Å². The number of amides is 1. The van der Waals surface area contributed by atoms with Crippen molar-refractivity contribution in [3.05, 3.63) is 24.3 Å². The summed E-state index contributed by atoms with van der Waals surface area (Å²) in [5, 5.41) is 1.51. The molecule has 0 saturated heterocycles. The lowest BCUT2D eigenvalue weighted by atomic mass is 10.2. The maximum absolute atomic E-state index is 12.1. The molecule has 1 aromatic carbocycles. The number of nitrogens with two attached hydrogens (primary N) is 1. The van der Waals surface area contributed by atoms with Gasteiger partial charge in [-0.25, -0.2) is 8.42 Å². The Kier molecular flexibility index (Phi) is 5.56. The van der Waals surface area contributed by atoms with Crippen LogP contribution in [0.2, 0.25) is 0 Å². The number of nitrogens with one attached hydrogen (secondary N) is 1. The van der Waals surface area contributed by atoms with Crippen LogP contribution in [0.5, 0.6) is 0 Å². The fourth-order valence-corrected chi connectivity index (χ4v) is 3.38. The zero-order valence-corrected chi connectivity index (χ0v) is 12.9. The highest BCUT2D eigenvalue weighted by molar-refractivity contribution is 7.92. The highest BCUT2D eigenvalue weighted by Crippen LogP contribution is 2.15. The Morgan fingerprint density at radius 1 is 1.35 bits per heavy atom. The molecule has 6 heteroatoms. The summed E-state index contributed by atoms with van der Waals surface area (Å²) in [6.07, 6.45) is 0.767. The van der Waals surface area contributed by atoms with Crippen LogP contribution in [0.3, 0.4) is 0 Å². The SMILES string of the molecule is CCC(C)CS(=O)(=O)C(C)C(=O)Nc1cccc(N)c1. The lowest BCUT2D eigenvalue weighted by Crippen LogP contribution is -2.35. The maximum atomic E-state index is 12.1. The van der Waals surface area contributed by atoms with Crippen molar-refractivity contribution in [1.29, 1.82) is 0 Å². The summed E-state index contributed by atoms with van der Waals surface area (Å²) < 4.78 is 24.2. The molecule has 1 aromatic rings. The first kappa shape index (κ1) is 16.5. The summed E-state index contributed by atoms with van der Waals surface area (Å²) in [5.41, 5.74) is 6.62. The number of anilines is 2. The molecule has 1 amide bonds. The van der Waals surface area contributed by atoms with Gasteiger partial charge in [-0.2, -0.15) is 0 Å². The van der Waals surface area contributed by atoms with Crippen molar-refractivity contribution in [3.8, 4) is 0 Å². The molecule has 1 rings (SSSR count). The fourth-order valence-electron chi connectivity index (χ4n) is 1.68. The highest BCUT2D eigenvalue weighted by atomic mass is 32.2. The summed E-state index contributed by atoms with van der Waals surface area (Å²) in [6.45, 7) is 5.21. The lowest BCUT2D eigenvalue weighted by molar-refractivity contribution is -0.115. The lowest BCUT2D eigenvalue weighted by Gasteiger charge is -2.16. The van der Waals surface area contributed by atoms with Gasteiger partial charge in [0.1, 0.15) is 5.25 Å². The van der Waals surface area contributed by atoms with E-state index in [0.717, 1.165) is 6.42 Å². The first-order valence-electron chi connectivity index (χ1n) is 6.64. The maximum Gasteiger partial charge on any atom is 0.242 e. The molecule has 20 heavy (non-hydrogen) atoms. The Morgan fingerprint density at radius 3 is 2.55 bits per heavy atom. The molecule has 0 aliphatic rings. The average Bonchev–Trinajstić information content (AvgIpc) is 2.37. The van der Waals surface area contributed by atoms with Crippen molar-refractivity contribution in [2.24, 2.45) is 5.92 Å². The molecule has 0 aliphatic heterocycles. The molecule has 3 N–H and O–H groups in total. The Bertz CT molecular complexity index is 570. The van der Waals surface area contributed by atoms with Crippen LogP contribution in [-0.4, -0.2) is 25.3 Å². The van der Waals surface area contributed by atoms with Gasteiger partial charge >= 0.3 is 0 Å².